The number of esters is 1. The molecule has 8 nitrogen and oxygen atoms in total. The summed E-state index contributed by atoms with van der Waals surface area (Å²) < 4.78 is 31.7. The lowest BCUT2D eigenvalue weighted by atomic mass is 9.69. The molecule has 0 bridgehead atoms. The molecular weight excluding hydrogens is 494 g/mol. The van der Waals surface area contributed by atoms with Crippen LogP contribution in [0, 0.1) is 23.0 Å². The van der Waals surface area contributed by atoms with Crippen LogP contribution in [0.3, 0.4) is 0 Å². The fraction of sp³-hybridized carbons (Fsp3) is 0.321. The van der Waals surface area contributed by atoms with Gasteiger partial charge in [0.15, 0.2) is 11.6 Å². The van der Waals surface area contributed by atoms with Crippen LogP contribution in [0.4, 0.5) is 14.6 Å². The molecule has 38 heavy (non-hydrogen) atoms. The number of halogens is 2. The second-order valence-electron chi connectivity index (χ2n) is 9.60. The average Bonchev–Trinajstić information content (AvgIpc) is 3.21. The monoisotopic (exact) mass is 522 g/mol. The van der Waals surface area contributed by atoms with Crippen molar-refractivity contribution in [2.45, 2.75) is 39.2 Å². The number of hydrogen-bond donors (Lipinski definition) is 2. The van der Waals surface area contributed by atoms with Crippen LogP contribution < -0.4 is 10.6 Å². The highest BCUT2D eigenvalue weighted by Crippen LogP contribution is 2.51. The summed E-state index contributed by atoms with van der Waals surface area (Å²) in [5, 5.41) is 5.59. The van der Waals surface area contributed by atoms with Crippen LogP contribution in [-0.2, 0) is 20.7 Å². The molecule has 10 heteroatoms. The minimum atomic E-state index is -1.04. The van der Waals surface area contributed by atoms with Crippen molar-refractivity contribution < 1.29 is 27.9 Å². The van der Waals surface area contributed by atoms with Crippen molar-refractivity contribution in [2.24, 2.45) is 11.3 Å². The van der Waals surface area contributed by atoms with Gasteiger partial charge in [-0.05, 0) is 43.4 Å². The molecule has 4 rings (SSSR count). The Bertz CT molecular complexity index is 1360. The van der Waals surface area contributed by atoms with Gasteiger partial charge < -0.3 is 15.4 Å². The van der Waals surface area contributed by atoms with E-state index in [0.29, 0.717) is 17.6 Å². The molecule has 198 valence electrons. The number of anilines is 1. The Morgan fingerprint density at radius 2 is 1.97 bits per heavy atom. The van der Waals surface area contributed by atoms with Gasteiger partial charge in [0.25, 0.3) is 5.91 Å². The number of carbonyl (C=O) groups is 3. The van der Waals surface area contributed by atoms with E-state index >= 15 is 0 Å². The molecule has 1 aromatic heterocycles. The topological polar surface area (TPSA) is 110 Å². The van der Waals surface area contributed by atoms with E-state index in [1.54, 1.807) is 6.08 Å². The third-order valence-electron chi connectivity index (χ3n) is 7.18. The summed E-state index contributed by atoms with van der Waals surface area (Å²) in [6.45, 7) is 7.66. The average molecular weight is 523 g/mol. The van der Waals surface area contributed by atoms with Crippen LogP contribution >= 0.6 is 0 Å². The minimum Gasteiger partial charge on any atom is -0.458 e. The lowest BCUT2D eigenvalue weighted by Gasteiger charge is -2.38. The fourth-order valence-corrected chi connectivity index (χ4v) is 5.17. The van der Waals surface area contributed by atoms with Crippen LogP contribution in [0.15, 0.2) is 66.5 Å². The van der Waals surface area contributed by atoms with Crippen LogP contribution in [0.25, 0.3) is 0 Å². The number of carbonyl (C=O) groups excluding carboxylic acids is 3. The summed E-state index contributed by atoms with van der Waals surface area (Å²) in [6, 6.07) is 4.36. The molecule has 1 saturated carbocycles. The summed E-state index contributed by atoms with van der Waals surface area (Å²) in [5.41, 5.74) is 1.40. The second-order valence-corrected chi connectivity index (χ2v) is 9.60. The predicted molar refractivity (Wildman–Crippen MR) is 136 cm³/mol. The van der Waals surface area contributed by atoms with Gasteiger partial charge in [-0.3, -0.25) is 9.59 Å². The zero-order chi connectivity index (χ0) is 27.4. The number of ether oxygens (including phenoxy) is 1. The molecule has 1 fully saturated rings. The first kappa shape index (κ1) is 26.8. The highest BCUT2D eigenvalue weighted by molar-refractivity contribution is 5.96. The van der Waals surface area contributed by atoms with E-state index in [0.717, 1.165) is 30.5 Å². The maximum absolute atomic E-state index is 13.4. The number of nitrogens with zero attached hydrogens (tertiary/aromatic N) is 2. The lowest BCUT2D eigenvalue weighted by Crippen LogP contribution is -2.45. The maximum atomic E-state index is 13.4. The standard InChI is InChI=1S/C28H28F2N4O4/c1-4-11-38-27(37)18-9-10-28(3)19(16(18)2)6-8-23(28)33-26(36)22-14-24(32-15-31-22)34-25(35)13-17-5-7-20(29)21(30)12-17/h4-5,7,9-10,12,14-15,19,23H,1,6,8,11,13H2,2-3H3,(H,33,36)(H,31,32,34,35)/t19?,23-,28?/m0/s1. The van der Waals surface area contributed by atoms with Gasteiger partial charge >= 0.3 is 5.97 Å². The highest BCUT2D eigenvalue weighted by Gasteiger charge is 2.48. The highest BCUT2D eigenvalue weighted by atomic mass is 19.2. The fourth-order valence-electron chi connectivity index (χ4n) is 5.17. The van der Waals surface area contributed by atoms with Crippen molar-refractivity contribution in [1.82, 2.24) is 15.3 Å². The lowest BCUT2D eigenvalue weighted by molar-refractivity contribution is -0.137. The van der Waals surface area contributed by atoms with E-state index in [1.807, 2.05) is 19.9 Å². The van der Waals surface area contributed by atoms with Crippen molar-refractivity contribution in [3.8, 4) is 0 Å². The second kappa shape index (κ2) is 11.0. The Labute approximate surface area is 218 Å². The molecule has 2 unspecified atom stereocenters. The third kappa shape index (κ3) is 5.53. The van der Waals surface area contributed by atoms with Gasteiger partial charge in [-0.1, -0.05) is 43.4 Å². The normalized spacial score (nSPS) is 22.0. The van der Waals surface area contributed by atoms with Crippen molar-refractivity contribution in [2.75, 3.05) is 11.9 Å². The summed E-state index contributed by atoms with van der Waals surface area (Å²) >= 11 is 0. The number of rotatable bonds is 8. The van der Waals surface area contributed by atoms with Crippen LogP contribution in [-0.4, -0.2) is 40.4 Å². The zero-order valence-electron chi connectivity index (χ0n) is 21.1. The van der Waals surface area contributed by atoms with Crippen LogP contribution in [0.5, 0.6) is 0 Å². The number of amides is 2. The molecular formula is C28H28F2N4O4. The number of aromatic nitrogens is 2. The van der Waals surface area contributed by atoms with Crippen molar-refractivity contribution in [3.05, 3.63) is 89.4 Å². The Balaban J connectivity index is 1.41. The maximum Gasteiger partial charge on any atom is 0.338 e. The van der Waals surface area contributed by atoms with Crippen molar-refractivity contribution in [3.63, 3.8) is 0 Å². The van der Waals surface area contributed by atoms with E-state index in [2.05, 4.69) is 27.2 Å². The van der Waals surface area contributed by atoms with Gasteiger partial charge in [0.05, 0.1) is 12.0 Å². The van der Waals surface area contributed by atoms with Crippen LogP contribution in [0.2, 0.25) is 0 Å². The van der Waals surface area contributed by atoms with Gasteiger partial charge in [-0.25, -0.2) is 23.5 Å². The van der Waals surface area contributed by atoms with Gasteiger partial charge in [0.1, 0.15) is 24.4 Å². The molecule has 0 aliphatic heterocycles. The Hall–Kier alpha value is -4.21. The molecule has 1 heterocycles. The molecule has 2 aliphatic rings. The molecule has 0 radical (unpaired) electrons. The molecule has 2 aromatic rings. The molecule has 0 saturated heterocycles. The zero-order valence-corrected chi connectivity index (χ0v) is 21.1. The quantitative estimate of drug-likeness (QED) is 0.400. The summed E-state index contributed by atoms with van der Waals surface area (Å²) in [4.78, 5) is 45.9. The number of fused-ring (bicyclic) bond motifs is 1. The van der Waals surface area contributed by atoms with E-state index in [4.69, 9.17) is 4.74 Å². The smallest absolute Gasteiger partial charge is 0.338 e. The van der Waals surface area contributed by atoms with Gasteiger partial charge in [-0.15, -0.1) is 0 Å². The minimum absolute atomic E-state index is 0.0561. The Morgan fingerprint density at radius 3 is 2.71 bits per heavy atom. The van der Waals surface area contributed by atoms with E-state index in [-0.39, 0.29) is 36.5 Å². The Morgan fingerprint density at radius 1 is 1.18 bits per heavy atom. The first-order valence-corrected chi connectivity index (χ1v) is 12.2. The number of nitrogens with one attached hydrogen (secondary N) is 2. The predicted octanol–water partition coefficient (Wildman–Crippen LogP) is 4.07. The van der Waals surface area contributed by atoms with Crippen LogP contribution in [0.1, 0.15) is 42.7 Å². The Kier molecular flexibility index (Phi) is 7.80. The van der Waals surface area contributed by atoms with Gasteiger partial charge in [-0.2, -0.15) is 0 Å². The summed E-state index contributed by atoms with van der Waals surface area (Å²) in [7, 11) is 0. The van der Waals surface area contributed by atoms with E-state index in [9.17, 15) is 23.2 Å². The molecule has 3 atom stereocenters. The van der Waals surface area contributed by atoms with Crippen molar-refractivity contribution >= 4 is 23.6 Å². The molecule has 1 aromatic carbocycles. The molecule has 2 aliphatic carbocycles. The van der Waals surface area contributed by atoms with Crippen molar-refractivity contribution in [1.29, 1.82) is 0 Å². The third-order valence-corrected chi connectivity index (χ3v) is 7.18. The number of allylic oxidation sites excluding steroid dienone is 1. The molecule has 0 spiro atoms. The largest absolute Gasteiger partial charge is 0.458 e. The summed E-state index contributed by atoms with van der Waals surface area (Å²) in [6.07, 6.45) is 7.67. The van der Waals surface area contributed by atoms with Gasteiger partial charge in [0.2, 0.25) is 5.91 Å². The van der Waals surface area contributed by atoms with E-state index < -0.39 is 34.8 Å². The molecule has 2 amide bonds. The molecule has 2 N–H and O–H groups in total. The van der Waals surface area contributed by atoms with E-state index in [1.165, 1.54) is 18.2 Å². The first-order valence-electron chi connectivity index (χ1n) is 12.2. The van der Waals surface area contributed by atoms with Gasteiger partial charge in [0, 0.05) is 17.5 Å². The number of benzene rings is 1. The number of hydrogen-bond acceptors (Lipinski definition) is 6. The SMILES string of the molecule is C=CCOC(=O)C1=C(C)C2CC[C@H](NC(=O)c3cc(NC(=O)Cc4ccc(F)c(F)c4)ncn3)C2(C)C=C1. The summed E-state index contributed by atoms with van der Waals surface area (Å²) in [5.74, 6) is -3.21. The first-order chi connectivity index (χ1) is 18.1.